The van der Waals surface area contributed by atoms with Crippen LogP contribution in [0.3, 0.4) is 0 Å². The number of hydrogen-bond donors (Lipinski definition) is 2. The predicted molar refractivity (Wildman–Crippen MR) is 114 cm³/mol. The van der Waals surface area contributed by atoms with Crippen LogP contribution in [0.15, 0.2) is 18.5 Å². The number of anilines is 2. The number of nitrogens with zero attached hydrogens (tertiary/aromatic N) is 4. The van der Waals surface area contributed by atoms with Gasteiger partial charge < -0.3 is 10.2 Å². The number of amides is 2. The second-order valence-corrected chi connectivity index (χ2v) is 9.41. The minimum Gasteiger partial charge on any atom is -0.306 e. The molecule has 2 amide bonds. The second kappa shape index (κ2) is 8.53. The number of aryl methyl sites for hydroxylation is 2. The molecule has 2 aromatic rings. The van der Waals surface area contributed by atoms with Crippen molar-refractivity contribution in [3.8, 4) is 0 Å². The van der Waals surface area contributed by atoms with Crippen LogP contribution >= 0.6 is 23.5 Å². The third kappa shape index (κ3) is 4.97. The Morgan fingerprint density at radius 2 is 2.22 bits per heavy atom. The number of nitrogens with one attached hydrogen (secondary N) is 2. The Hall–Kier alpha value is -1.71. The van der Waals surface area contributed by atoms with Gasteiger partial charge in [0.2, 0.25) is 0 Å². The first-order chi connectivity index (χ1) is 12.8. The van der Waals surface area contributed by atoms with Gasteiger partial charge >= 0.3 is 6.03 Å². The quantitative estimate of drug-likeness (QED) is 0.712. The van der Waals surface area contributed by atoms with E-state index >= 15 is 0 Å². The topological polar surface area (TPSA) is 65.4 Å². The summed E-state index contributed by atoms with van der Waals surface area (Å²) in [5.74, 6) is 0.382. The molecule has 2 aromatic heterocycles. The van der Waals surface area contributed by atoms with Gasteiger partial charge in [0.25, 0.3) is 0 Å². The maximum Gasteiger partial charge on any atom is 0.330 e. The first-order valence-corrected chi connectivity index (χ1v) is 10.7. The highest BCUT2D eigenvalue weighted by Crippen LogP contribution is 2.33. The Morgan fingerprint density at radius 1 is 1.44 bits per heavy atom. The minimum absolute atomic E-state index is 0.208. The molecule has 0 aliphatic carbocycles. The molecule has 27 heavy (non-hydrogen) atoms. The van der Waals surface area contributed by atoms with Crippen molar-refractivity contribution in [1.29, 1.82) is 0 Å². The number of hydrogen-bond acceptors (Lipinski definition) is 6. The normalized spacial score (nSPS) is 17.5. The third-order valence-corrected chi connectivity index (χ3v) is 6.87. The number of likely N-dealkylation sites (tertiary alicyclic amines) is 1. The predicted octanol–water partition coefficient (Wildman–Crippen LogP) is 3.81. The largest absolute Gasteiger partial charge is 0.330 e. The van der Waals surface area contributed by atoms with Gasteiger partial charge in [0.05, 0.1) is 35.7 Å². The van der Waals surface area contributed by atoms with Crippen molar-refractivity contribution in [3.63, 3.8) is 0 Å². The summed E-state index contributed by atoms with van der Waals surface area (Å²) in [5.41, 5.74) is 1.90. The molecule has 1 saturated heterocycles. The first-order valence-electron chi connectivity index (χ1n) is 9.14. The molecule has 0 saturated carbocycles. The zero-order chi connectivity index (χ0) is 19.6. The van der Waals surface area contributed by atoms with Gasteiger partial charge in [0.1, 0.15) is 0 Å². The maximum absolute atomic E-state index is 12.5. The van der Waals surface area contributed by atoms with E-state index in [0.29, 0.717) is 12.0 Å². The van der Waals surface area contributed by atoms with E-state index in [0.717, 1.165) is 30.9 Å². The van der Waals surface area contributed by atoms with Crippen molar-refractivity contribution >= 4 is 40.9 Å². The van der Waals surface area contributed by atoms with Crippen LogP contribution < -0.4 is 14.3 Å². The fourth-order valence-electron chi connectivity index (χ4n) is 3.26. The average Bonchev–Trinajstić information content (AvgIpc) is 3.29. The second-order valence-electron chi connectivity index (χ2n) is 7.34. The lowest BCUT2D eigenvalue weighted by atomic mass is 10.1. The Labute approximate surface area is 169 Å². The van der Waals surface area contributed by atoms with Crippen LogP contribution in [0, 0.1) is 6.92 Å². The SMILES string of the molecule is Cc1cc(NC(=O)NSN(c2cnn(C)c2)[C@H]2CCN(C)C2)c(C(C)C)s1. The summed E-state index contributed by atoms with van der Waals surface area (Å²) in [6.45, 7) is 8.37. The first kappa shape index (κ1) is 20.0. The summed E-state index contributed by atoms with van der Waals surface area (Å²) in [7, 11) is 4.03. The van der Waals surface area contributed by atoms with Gasteiger partial charge in [-0.05, 0) is 38.9 Å². The molecular weight excluding hydrogens is 380 g/mol. The monoisotopic (exact) mass is 408 g/mol. The van der Waals surface area contributed by atoms with Gasteiger partial charge in [-0.25, -0.2) is 4.79 Å². The molecule has 1 atom stereocenters. The lowest BCUT2D eigenvalue weighted by Crippen LogP contribution is -2.36. The summed E-state index contributed by atoms with van der Waals surface area (Å²) in [4.78, 5) is 17.2. The standard InChI is InChI=1S/C18H28N6OS2/c1-12(2)17-16(8-13(3)26-17)20-18(25)21-27-24(14-6-7-22(4)10-14)15-9-19-23(5)11-15/h8-9,11-12,14H,6-7,10H2,1-5H3,(H2,20,21,25)/t14-/m0/s1. The fraction of sp³-hybridized carbons (Fsp3) is 0.556. The van der Waals surface area contributed by atoms with E-state index in [4.69, 9.17) is 0 Å². The molecule has 1 fully saturated rings. The summed E-state index contributed by atoms with van der Waals surface area (Å²) >= 11 is 3.06. The van der Waals surface area contributed by atoms with Crippen LogP contribution in [0.1, 0.15) is 35.9 Å². The molecule has 0 unspecified atom stereocenters. The number of urea groups is 1. The summed E-state index contributed by atoms with van der Waals surface area (Å²) in [5, 5.41) is 7.28. The van der Waals surface area contributed by atoms with Gasteiger partial charge in [-0.3, -0.25) is 13.7 Å². The van der Waals surface area contributed by atoms with E-state index in [1.807, 2.05) is 25.5 Å². The number of carbonyl (C=O) groups is 1. The lowest BCUT2D eigenvalue weighted by Gasteiger charge is -2.27. The van der Waals surface area contributed by atoms with Crippen molar-refractivity contribution in [2.24, 2.45) is 7.05 Å². The zero-order valence-corrected chi connectivity index (χ0v) is 18.2. The van der Waals surface area contributed by atoms with E-state index in [-0.39, 0.29) is 6.03 Å². The molecule has 0 aromatic carbocycles. The van der Waals surface area contributed by atoms with Crippen molar-refractivity contribution in [1.82, 2.24) is 19.4 Å². The summed E-state index contributed by atoms with van der Waals surface area (Å²) in [6, 6.07) is 2.16. The van der Waals surface area contributed by atoms with E-state index in [1.165, 1.54) is 21.9 Å². The fourth-order valence-corrected chi connectivity index (χ4v) is 4.99. The molecule has 9 heteroatoms. The maximum atomic E-state index is 12.5. The van der Waals surface area contributed by atoms with Gasteiger partial charge in [0, 0.05) is 29.5 Å². The summed E-state index contributed by atoms with van der Waals surface area (Å²) in [6.07, 6.45) is 4.87. The smallest absolute Gasteiger partial charge is 0.306 e. The van der Waals surface area contributed by atoms with Crippen LogP contribution in [-0.2, 0) is 7.05 Å². The lowest BCUT2D eigenvalue weighted by molar-refractivity contribution is 0.257. The highest BCUT2D eigenvalue weighted by atomic mass is 32.2. The van der Waals surface area contributed by atoms with Crippen LogP contribution in [0.5, 0.6) is 0 Å². The highest BCUT2D eigenvalue weighted by molar-refractivity contribution is 7.99. The molecule has 0 spiro atoms. The van der Waals surface area contributed by atoms with Gasteiger partial charge in [-0.15, -0.1) is 11.3 Å². The van der Waals surface area contributed by atoms with Crippen molar-refractivity contribution in [2.45, 2.75) is 39.2 Å². The number of rotatable bonds is 6. The molecule has 7 nitrogen and oxygen atoms in total. The van der Waals surface area contributed by atoms with Gasteiger partial charge in [-0.2, -0.15) is 5.10 Å². The van der Waals surface area contributed by atoms with E-state index in [9.17, 15) is 4.79 Å². The van der Waals surface area contributed by atoms with E-state index in [1.54, 1.807) is 16.0 Å². The highest BCUT2D eigenvalue weighted by Gasteiger charge is 2.28. The van der Waals surface area contributed by atoms with Crippen LogP contribution in [0.2, 0.25) is 0 Å². The van der Waals surface area contributed by atoms with Gasteiger partial charge in [0.15, 0.2) is 0 Å². The number of thiophene rings is 1. The molecular formula is C18H28N6OS2. The Balaban J connectivity index is 1.65. The Bertz CT molecular complexity index is 787. The third-order valence-electron chi connectivity index (χ3n) is 4.54. The van der Waals surface area contributed by atoms with Crippen molar-refractivity contribution in [3.05, 3.63) is 28.2 Å². The zero-order valence-electron chi connectivity index (χ0n) is 16.5. The van der Waals surface area contributed by atoms with Crippen LogP contribution in [0.25, 0.3) is 0 Å². The molecule has 3 heterocycles. The van der Waals surface area contributed by atoms with Crippen LogP contribution in [-0.4, -0.2) is 46.9 Å². The minimum atomic E-state index is -0.208. The van der Waals surface area contributed by atoms with Gasteiger partial charge in [-0.1, -0.05) is 13.8 Å². The molecule has 148 valence electrons. The average molecular weight is 409 g/mol. The molecule has 1 aliphatic heterocycles. The van der Waals surface area contributed by atoms with Crippen molar-refractivity contribution < 1.29 is 4.79 Å². The Morgan fingerprint density at radius 3 is 2.81 bits per heavy atom. The number of carbonyl (C=O) groups excluding carboxylic acids is 1. The molecule has 3 rings (SSSR count). The van der Waals surface area contributed by atoms with Crippen LogP contribution in [0.4, 0.5) is 16.2 Å². The molecule has 1 aliphatic rings. The van der Waals surface area contributed by atoms with E-state index in [2.05, 4.69) is 52.2 Å². The number of likely N-dealkylation sites (N-methyl/N-ethyl adjacent to an activating group) is 1. The summed E-state index contributed by atoms with van der Waals surface area (Å²) < 4.78 is 6.88. The molecule has 0 bridgehead atoms. The molecule has 2 N–H and O–H groups in total. The Kier molecular flexibility index (Phi) is 6.33. The van der Waals surface area contributed by atoms with Crippen molar-refractivity contribution in [2.75, 3.05) is 29.8 Å². The van der Waals surface area contributed by atoms with E-state index < -0.39 is 0 Å². The molecule has 0 radical (unpaired) electrons. The number of aromatic nitrogens is 2.